The highest BCUT2D eigenvalue weighted by molar-refractivity contribution is 7.90. The summed E-state index contributed by atoms with van der Waals surface area (Å²) in [6, 6.07) is 10.5. The maximum Gasteiger partial charge on any atom is 0.255 e. The number of anilines is 1. The van der Waals surface area contributed by atoms with E-state index in [1.54, 1.807) is 18.2 Å². The van der Waals surface area contributed by atoms with Crippen molar-refractivity contribution in [3.05, 3.63) is 58.1 Å². The molecule has 0 saturated heterocycles. The van der Waals surface area contributed by atoms with Crippen molar-refractivity contribution in [3.8, 4) is 0 Å². The molecule has 21 heavy (non-hydrogen) atoms. The molecule has 0 heterocycles. The van der Waals surface area contributed by atoms with Crippen molar-refractivity contribution in [2.24, 2.45) is 0 Å². The SMILES string of the molecule is CS(=O)(=O)c1ccc(Cl)c(NC(=O)c2cccc(Cl)c2)c1. The van der Waals surface area contributed by atoms with Gasteiger partial charge < -0.3 is 5.32 Å². The zero-order valence-electron chi connectivity index (χ0n) is 10.9. The summed E-state index contributed by atoms with van der Waals surface area (Å²) in [7, 11) is -3.38. The highest BCUT2D eigenvalue weighted by Crippen LogP contribution is 2.26. The molecule has 0 aliphatic heterocycles. The summed E-state index contributed by atoms with van der Waals surface area (Å²) in [5, 5.41) is 3.25. The molecule has 0 unspecified atom stereocenters. The van der Waals surface area contributed by atoms with Crippen LogP contribution in [0.25, 0.3) is 0 Å². The fourth-order valence-corrected chi connectivity index (χ4v) is 2.66. The van der Waals surface area contributed by atoms with Crippen LogP contribution >= 0.6 is 23.2 Å². The Morgan fingerprint density at radius 2 is 1.81 bits per heavy atom. The molecule has 0 atom stereocenters. The van der Waals surface area contributed by atoms with E-state index in [0.29, 0.717) is 10.6 Å². The van der Waals surface area contributed by atoms with E-state index in [-0.39, 0.29) is 15.6 Å². The van der Waals surface area contributed by atoms with Gasteiger partial charge in [-0.25, -0.2) is 8.42 Å². The third-order valence-corrected chi connectivity index (χ3v) is 4.38. The molecule has 0 radical (unpaired) electrons. The smallest absolute Gasteiger partial charge is 0.255 e. The minimum atomic E-state index is -3.38. The summed E-state index contributed by atoms with van der Waals surface area (Å²) >= 11 is 11.8. The van der Waals surface area contributed by atoms with Crippen LogP contribution in [0.4, 0.5) is 5.69 Å². The summed E-state index contributed by atoms with van der Waals surface area (Å²) in [5.74, 6) is -0.426. The molecular weight excluding hydrogens is 333 g/mol. The molecule has 7 heteroatoms. The average Bonchev–Trinajstić information content (AvgIpc) is 2.40. The quantitative estimate of drug-likeness (QED) is 0.924. The molecule has 0 spiro atoms. The van der Waals surface area contributed by atoms with E-state index in [1.165, 1.54) is 24.3 Å². The van der Waals surface area contributed by atoms with Crippen molar-refractivity contribution >= 4 is 44.6 Å². The molecule has 0 aliphatic carbocycles. The van der Waals surface area contributed by atoms with Crippen LogP contribution in [0, 0.1) is 0 Å². The molecule has 2 aromatic rings. The third-order valence-electron chi connectivity index (χ3n) is 2.70. The molecular formula is C14H11Cl2NO3S. The van der Waals surface area contributed by atoms with Gasteiger partial charge in [0.05, 0.1) is 15.6 Å². The van der Waals surface area contributed by atoms with Crippen LogP contribution in [0.2, 0.25) is 10.0 Å². The van der Waals surface area contributed by atoms with Gasteiger partial charge in [0.15, 0.2) is 9.84 Å². The third kappa shape index (κ3) is 3.97. The lowest BCUT2D eigenvalue weighted by Gasteiger charge is -2.09. The van der Waals surface area contributed by atoms with Crippen LogP contribution in [-0.4, -0.2) is 20.6 Å². The number of hydrogen-bond acceptors (Lipinski definition) is 3. The van der Waals surface area contributed by atoms with Gasteiger partial charge in [-0.2, -0.15) is 0 Å². The van der Waals surface area contributed by atoms with Crippen molar-refractivity contribution in [2.75, 3.05) is 11.6 Å². The van der Waals surface area contributed by atoms with Gasteiger partial charge in [0, 0.05) is 16.8 Å². The van der Waals surface area contributed by atoms with E-state index in [2.05, 4.69) is 5.32 Å². The number of halogens is 2. The van der Waals surface area contributed by atoms with Gasteiger partial charge in [-0.1, -0.05) is 29.3 Å². The molecule has 4 nitrogen and oxygen atoms in total. The van der Waals surface area contributed by atoms with Crippen LogP contribution in [0.15, 0.2) is 47.4 Å². The molecule has 0 bridgehead atoms. The Labute approximate surface area is 132 Å². The number of benzene rings is 2. The molecule has 110 valence electrons. The second-order valence-electron chi connectivity index (χ2n) is 4.38. The largest absolute Gasteiger partial charge is 0.321 e. The topological polar surface area (TPSA) is 63.2 Å². The van der Waals surface area contributed by atoms with Crippen LogP contribution in [0.3, 0.4) is 0 Å². The predicted molar refractivity (Wildman–Crippen MR) is 84.0 cm³/mol. The maximum atomic E-state index is 12.1. The van der Waals surface area contributed by atoms with E-state index < -0.39 is 15.7 Å². The number of nitrogens with one attached hydrogen (secondary N) is 1. The van der Waals surface area contributed by atoms with Crippen LogP contribution in [0.1, 0.15) is 10.4 Å². The lowest BCUT2D eigenvalue weighted by molar-refractivity contribution is 0.102. The Bertz CT molecular complexity index is 804. The molecule has 2 aromatic carbocycles. The Morgan fingerprint density at radius 1 is 1.10 bits per heavy atom. The van der Waals surface area contributed by atoms with Crippen LogP contribution in [0.5, 0.6) is 0 Å². The molecule has 0 aliphatic rings. The number of rotatable bonds is 3. The standard InChI is InChI=1S/C14H11Cl2NO3S/c1-21(19,20)11-5-6-12(16)13(8-11)17-14(18)9-3-2-4-10(15)7-9/h2-8H,1H3,(H,17,18). The minimum Gasteiger partial charge on any atom is -0.321 e. The molecule has 0 aromatic heterocycles. The first-order chi connectivity index (χ1) is 9.77. The number of amides is 1. The van der Waals surface area contributed by atoms with E-state index in [4.69, 9.17) is 23.2 Å². The van der Waals surface area contributed by atoms with Crippen LogP contribution < -0.4 is 5.32 Å². The van der Waals surface area contributed by atoms with Crippen LogP contribution in [-0.2, 0) is 9.84 Å². The first-order valence-electron chi connectivity index (χ1n) is 5.84. The number of carbonyl (C=O) groups excluding carboxylic acids is 1. The van der Waals surface area contributed by atoms with Gasteiger partial charge in [-0.05, 0) is 36.4 Å². The second-order valence-corrected chi connectivity index (χ2v) is 7.24. The van der Waals surface area contributed by atoms with Gasteiger partial charge in [-0.3, -0.25) is 4.79 Å². The number of sulfone groups is 1. The molecule has 0 fully saturated rings. The first-order valence-corrected chi connectivity index (χ1v) is 8.48. The monoisotopic (exact) mass is 343 g/mol. The highest BCUT2D eigenvalue weighted by Gasteiger charge is 2.13. The van der Waals surface area contributed by atoms with E-state index >= 15 is 0 Å². The first kappa shape index (κ1) is 15.8. The van der Waals surface area contributed by atoms with Crippen molar-refractivity contribution in [2.45, 2.75) is 4.90 Å². The lowest BCUT2D eigenvalue weighted by Crippen LogP contribution is -2.12. The van der Waals surface area contributed by atoms with Gasteiger partial charge in [-0.15, -0.1) is 0 Å². The molecule has 0 saturated carbocycles. The van der Waals surface area contributed by atoms with E-state index in [9.17, 15) is 13.2 Å². The Hall–Kier alpha value is -1.56. The molecule has 1 amide bonds. The van der Waals surface area contributed by atoms with Gasteiger partial charge >= 0.3 is 0 Å². The van der Waals surface area contributed by atoms with Crippen molar-refractivity contribution in [1.82, 2.24) is 0 Å². The Kier molecular flexibility index (Phi) is 4.56. The predicted octanol–water partition coefficient (Wildman–Crippen LogP) is 3.65. The fraction of sp³-hybridized carbons (Fsp3) is 0.0714. The zero-order chi connectivity index (χ0) is 15.6. The summed E-state index contributed by atoms with van der Waals surface area (Å²) in [4.78, 5) is 12.2. The van der Waals surface area contributed by atoms with Gasteiger partial charge in [0.25, 0.3) is 5.91 Å². The molecule has 2 rings (SSSR count). The van der Waals surface area contributed by atoms with Crippen molar-refractivity contribution in [3.63, 3.8) is 0 Å². The number of carbonyl (C=O) groups is 1. The minimum absolute atomic E-state index is 0.0771. The normalized spacial score (nSPS) is 11.2. The number of hydrogen-bond donors (Lipinski definition) is 1. The van der Waals surface area contributed by atoms with Gasteiger partial charge in [0.2, 0.25) is 0 Å². The summed E-state index contributed by atoms with van der Waals surface area (Å²) < 4.78 is 23.0. The average molecular weight is 344 g/mol. The zero-order valence-corrected chi connectivity index (χ0v) is 13.3. The van der Waals surface area contributed by atoms with Crippen molar-refractivity contribution in [1.29, 1.82) is 0 Å². The summed E-state index contributed by atoms with van der Waals surface area (Å²) in [5.41, 5.74) is 0.577. The van der Waals surface area contributed by atoms with Crippen molar-refractivity contribution < 1.29 is 13.2 Å². The summed E-state index contributed by atoms with van der Waals surface area (Å²) in [6.45, 7) is 0. The lowest BCUT2D eigenvalue weighted by atomic mass is 10.2. The Balaban J connectivity index is 2.33. The van der Waals surface area contributed by atoms with E-state index in [1.807, 2.05) is 0 Å². The van der Waals surface area contributed by atoms with Gasteiger partial charge in [0.1, 0.15) is 0 Å². The maximum absolute atomic E-state index is 12.1. The second kappa shape index (κ2) is 6.05. The Morgan fingerprint density at radius 3 is 2.43 bits per heavy atom. The van der Waals surface area contributed by atoms with E-state index in [0.717, 1.165) is 6.26 Å². The summed E-state index contributed by atoms with van der Waals surface area (Å²) in [6.07, 6.45) is 1.08. The highest BCUT2D eigenvalue weighted by atomic mass is 35.5. The fourth-order valence-electron chi connectivity index (χ4n) is 1.66. The molecule has 1 N–H and O–H groups in total.